The summed E-state index contributed by atoms with van der Waals surface area (Å²) >= 11 is 0. The van der Waals surface area contributed by atoms with Crippen molar-refractivity contribution in [2.75, 3.05) is 7.11 Å². The van der Waals surface area contributed by atoms with Gasteiger partial charge in [-0.25, -0.2) is 4.39 Å². The Labute approximate surface area is 92.1 Å². The maximum Gasteiger partial charge on any atom is 0.133 e. The highest BCUT2D eigenvalue weighted by molar-refractivity contribution is 5.67. The van der Waals surface area contributed by atoms with Crippen LogP contribution in [0.3, 0.4) is 0 Å². The molecule has 0 fully saturated rings. The van der Waals surface area contributed by atoms with Crippen LogP contribution in [0.4, 0.5) is 4.39 Å². The quantitative estimate of drug-likeness (QED) is 0.844. The molecular weight excluding hydrogens is 209 g/mol. The first-order valence-corrected chi connectivity index (χ1v) is 4.69. The van der Waals surface area contributed by atoms with Gasteiger partial charge in [0.1, 0.15) is 17.3 Å². The lowest BCUT2D eigenvalue weighted by Gasteiger charge is -2.07. The molecule has 0 aliphatic carbocycles. The Morgan fingerprint density at radius 2 is 2.06 bits per heavy atom. The fourth-order valence-corrected chi connectivity index (χ4v) is 1.43. The Kier molecular flexibility index (Phi) is 2.72. The summed E-state index contributed by atoms with van der Waals surface area (Å²) in [6.45, 7) is 0. The van der Waals surface area contributed by atoms with Gasteiger partial charge in [-0.1, -0.05) is 0 Å². The molecule has 0 radical (unpaired) electrons. The smallest absolute Gasteiger partial charge is 0.133 e. The lowest BCUT2D eigenvalue weighted by molar-refractivity contribution is 0.415. The van der Waals surface area contributed by atoms with Crippen LogP contribution in [-0.4, -0.2) is 17.2 Å². The number of pyridine rings is 1. The van der Waals surface area contributed by atoms with Crippen molar-refractivity contribution in [3.8, 4) is 22.8 Å². The molecule has 1 heterocycles. The highest BCUT2D eigenvalue weighted by Crippen LogP contribution is 2.29. The second-order valence-corrected chi connectivity index (χ2v) is 3.25. The number of halogens is 1. The highest BCUT2D eigenvalue weighted by atomic mass is 19.1. The molecule has 1 aromatic heterocycles. The number of aromatic nitrogens is 1. The normalized spacial score (nSPS) is 10.1. The number of hydrogen-bond donors (Lipinski definition) is 1. The Balaban J connectivity index is 2.53. The van der Waals surface area contributed by atoms with Crippen molar-refractivity contribution in [3.63, 3.8) is 0 Å². The number of nitrogens with zero attached hydrogens (tertiary/aromatic N) is 1. The Morgan fingerprint density at radius 1 is 1.25 bits per heavy atom. The van der Waals surface area contributed by atoms with Crippen molar-refractivity contribution < 1.29 is 14.2 Å². The topological polar surface area (TPSA) is 42.4 Å². The lowest BCUT2D eigenvalue weighted by atomic mass is 10.1. The van der Waals surface area contributed by atoms with Crippen LogP contribution in [-0.2, 0) is 0 Å². The van der Waals surface area contributed by atoms with Crippen molar-refractivity contribution >= 4 is 0 Å². The largest absolute Gasteiger partial charge is 0.506 e. The minimum Gasteiger partial charge on any atom is -0.506 e. The SMILES string of the molecule is COc1ccc(F)cc1-c1ccc(O)cn1. The molecule has 0 saturated heterocycles. The van der Waals surface area contributed by atoms with E-state index in [1.165, 1.54) is 31.5 Å². The number of methoxy groups -OCH3 is 1. The van der Waals surface area contributed by atoms with Crippen LogP contribution in [0.2, 0.25) is 0 Å². The van der Waals surface area contributed by atoms with Gasteiger partial charge >= 0.3 is 0 Å². The zero-order chi connectivity index (χ0) is 11.5. The van der Waals surface area contributed by atoms with E-state index >= 15 is 0 Å². The molecule has 0 saturated carbocycles. The maximum absolute atomic E-state index is 13.1. The molecular formula is C12H10FNO2. The second kappa shape index (κ2) is 4.18. The van der Waals surface area contributed by atoms with Crippen molar-refractivity contribution in [3.05, 3.63) is 42.3 Å². The van der Waals surface area contributed by atoms with Gasteiger partial charge in [-0.2, -0.15) is 0 Å². The third kappa shape index (κ3) is 1.95. The summed E-state index contributed by atoms with van der Waals surface area (Å²) in [5, 5.41) is 9.12. The van der Waals surface area contributed by atoms with Crippen LogP contribution < -0.4 is 4.74 Å². The Hall–Kier alpha value is -2.10. The van der Waals surface area contributed by atoms with E-state index in [1.807, 2.05) is 0 Å². The summed E-state index contributed by atoms with van der Waals surface area (Å²) in [6, 6.07) is 7.31. The van der Waals surface area contributed by atoms with Gasteiger partial charge in [-0.05, 0) is 30.3 Å². The number of hydrogen-bond acceptors (Lipinski definition) is 3. The molecule has 0 aliphatic heterocycles. The van der Waals surface area contributed by atoms with E-state index in [-0.39, 0.29) is 11.6 Å². The average molecular weight is 219 g/mol. The summed E-state index contributed by atoms with van der Waals surface area (Å²) in [5.74, 6) is 0.254. The Morgan fingerprint density at radius 3 is 2.69 bits per heavy atom. The van der Waals surface area contributed by atoms with Crippen molar-refractivity contribution in [1.29, 1.82) is 0 Å². The first-order chi connectivity index (χ1) is 7.70. The molecule has 82 valence electrons. The van der Waals surface area contributed by atoms with Gasteiger partial charge in [0.05, 0.1) is 19.0 Å². The molecule has 0 amide bonds. The van der Waals surface area contributed by atoms with Crippen molar-refractivity contribution in [2.24, 2.45) is 0 Å². The van der Waals surface area contributed by atoms with Gasteiger partial charge < -0.3 is 9.84 Å². The van der Waals surface area contributed by atoms with E-state index in [1.54, 1.807) is 12.1 Å². The minimum atomic E-state index is -0.356. The molecule has 4 heteroatoms. The van der Waals surface area contributed by atoms with E-state index in [0.717, 1.165) is 0 Å². The molecule has 0 spiro atoms. The monoisotopic (exact) mass is 219 g/mol. The number of aromatic hydroxyl groups is 1. The average Bonchev–Trinajstić information content (AvgIpc) is 2.30. The van der Waals surface area contributed by atoms with Gasteiger partial charge in [-0.15, -0.1) is 0 Å². The lowest BCUT2D eigenvalue weighted by Crippen LogP contribution is -1.90. The third-order valence-corrected chi connectivity index (χ3v) is 2.19. The summed E-state index contributed by atoms with van der Waals surface area (Å²) < 4.78 is 18.2. The molecule has 0 atom stereocenters. The van der Waals surface area contributed by atoms with E-state index in [2.05, 4.69) is 4.98 Å². The van der Waals surface area contributed by atoms with Gasteiger partial charge in [-0.3, -0.25) is 4.98 Å². The summed E-state index contributed by atoms with van der Waals surface area (Å²) in [7, 11) is 1.51. The van der Waals surface area contributed by atoms with Crippen LogP contribution in [0.1, 0.15) is 0 Å². The zero-order valence-corrected chi connectivity index (χ0v) is 8.64. The van der Waals surface area contributed by atoms with E-state index in [0.29, 0.717) is 17.0 Å². The molecule has 0 unspecified atom stereocenters. The van der Waals surface area contributed by atoms with Gasteiger partial charge in [0.2, 0.25) is 0 Å². The molecule has 2 aromatic rings. The Bertz CT molecular complexity index is 497. The second-order valence-electron chi connectivity index (χ2n) is 3.25. The van der Waals surface area contributed by atoms with Crippen LogP contribution in [0.25, 0.3) is 11.3 Å². The van der Waals surface area contributed by atoms with E-state index in [4.69, 9.17) is 9.84 Å². The first kappa shape index (κ1) is 10.4. The van der Waals surface area contributed by atoms with E-state index < -0.39 is 0 Å². The van der Waals surface area contributed by atoms with Crippen molar-refractivity contribution in [1.82, 2.24) is 4.98 Å². The fourth-order valence-electron chi connectivity index (χ4n) is 1.43. The number of ether oxygens (including phenoxy) is 1. The first-order valence-electron chi connectivity index (χ1n) is 4.69. The van der Waals surface area contributed by atoms with Crippen LogP contribution in [0.5, 0.6) is 11.5 Å². The van der Waals surface area contributed by atoms with Gasteiger partial charge in [0.15, 0.2) is 0 Å². The fraction of sp³-hybridized carbons (Fsp3) is 0.0833. The predicted octanol–water partition coefficient (Wildman–Crippen LogP) is 2.60. The molecule has 2 rings (SSSR count). The summed E-state index contributed by atoms with van der Waals surface area (Å²) in [6.07, 6.45) is 1.31. The molecule has 3 nitrogen and oxygen atoms in total. The van der Waals surface area contributed by atoms with Gasteiger partial charge in [0, 0.05) is 5.56 Å². The van der Waals surface area contributed by atoms with E-state index in [9.17, 15) is 4.39 Å². The highest BCUT2D eigenvalue weighted by Gasteiger charge is 2.08. The minimum absolute atomic E-state index is 0.0686. The number of rotatable bonds is 2. The van der Waals surface area contributed by atoms with Crippen LogP contribution in [0.15, 0.2) is 36.5 Å². The van der Waals surface area contributed by atoms with Crippen molar-refractivity contribution in [2.45, 2.75) is 0 Å². The summed E-state index contributed by atoms with van der Waals surface area (Å²) in [4.78, 5) is 4.00. The molecule has 1 N–H and O–H groups in total. The molecule has 0 aliphatic rings. The van der Waals surface area contributed by atoms with Crippen LogP contribution in [0, 0.1) is 5.82 Å². The third-order valence-electron chi connectivity index (χ3n) is 2.19. The number of benzene rings is 1. The molecule has 16 heavy (non-hydrogen) atoms. The van der Waals surface area contributed by atoms with Gasteiger partial charge in [0.25, 0.3) is 0 Å². The predicted molar refractivity (Wildman–Crippen MR) is 57.8 cm³/mol. The maximum atomic E-state index is 13.1. The summed E-state index contributed by atoms with van der Waals surface area (Å²) in [5.41, 5.74) is 1.11. The zero-order valence-electron chi connectivity index (χ0n) is 8.64. The van der Waals surface area contributed by atoms with Crippen LogP contribution >= 0.6 is 0 Å². The molecule has 1 aromatic carbocycles. The molecule has 0 bridgehead atoms. The standard InChI is InChI=1S/C12H10FNO2/c1-16-12-5-2-8(13)6-10(12)11-4-3-9(15)7-14-11/h2-7,15H,1H3.